The Morgan fingerprint density at radius 3 is 2.35 bits per heavy atom. The molecule has 1 rings (SSSR count). The minimum Gasteiger partial charge on any atom is -0.371 e. The Morgan fingerprint density at radius 2 is 1.88 bits per heavy atom. The van der Waals surface area contributed by atoms with Crippen LogP contribution in [-0.2, 0) is 4.74 Å². The Hall–Kier alpha value is -0.160. The zero-order valence-electron chi connectivity index (χ0n) is 12.0. The number of ether oxygens (including phenoxy) is 1. The highest BCUT2D eigenvalue weighted by Crippen LogP contribution is 2.14. The van der Waals surface area contributed by atoms with Gasteiger partial charge >= 0.3 is 0 Å². The van der Waals surface area contributed by atoms with Gasteiger partial charge in [0.15, 0.2) is 0 Å². The monoisotopic (exact) mass is 243 g/mol. The minimum absolute atomic E-state index is 0.100. The van der Waals surface area contributed by atoms with Crippen LogP contribution in [0, 0.1) is 0 Å². The lowest BCUT2D eigenvalue weighted by Crippen LogP contribution is -2.59. The molecule has 4 nitrogen and oxygen atoms in total. The maximum absolute atomic E-state index is 5.91. The summed E-state index contributed by atoms with van der Waals surface area (Å²) in [7, 11) is 4.26. The summed E-state index contributed by atoms with van der Waals surface area (Å²) in [5.74, 6) is 0. The molecule has 0 aliphatic carbocycles. The zero-order valence-corrected chi connectivity index (χ0v) is 12.0. The number of nitrogens with zero attached hydrogens (tertiary/aromatic N) is 2. The Morgan fingerprint density at radius 1 is 1.18 bits per heavy atom. The van der Waals surface area contributed by atoms with Crippen LogP contribution in [0.4, 0.5) is 0 Å². The maximum Gasteiger partial charge on any atom is 0.0902 e. The molecule has 1 N–H and O–H groups in total. The van der Waals surface area contributed by atoms with Gasteiger partial charge in [-0.2, -0.15) is 0 Å². The van der Waals surface area contributed by atoms with Gasteiger partial charge in [-0.25, -0.2) is 0 Å². The fourth-order valence-electron chi connectivity index (χ4n) is 2.04. The van der Waals surface area contributed by atoms with Gasteiger partial charge in [-0.1, -0.05) is 6.92 Å². The fourth-order valence-corrected chi connectivity index (χ4v) is 2.04. The molecule has 102 valence electrons. The fraction of sp³-hybridized carbons (Fsp3) is 1.00. The van der Waals surface area contributed by atoms with Crippen molar-refractivity contribution >= 4 is 0 Å². The van der Waals surface area contributed by atoms with Crippen LogP contribution < -0.4 is 5.32 Å². The first-order valence-corrected chi connectivity index (χ1v) is 6.77. The van der Waals surface area contributed by atoms with E-state index >= 15 is 0 Å². The van der Waals surface area contributed by atoms with Crippen LogP contribution in [0.2, 0.25) is 0 Å². The van der Waals surface area contributed by atoms with E-state index in [0.717, 1.165) is 32.8 Å². The molecule has 0 radical (unpaired) electrons. The molecule has 0 aromatic rings. The number of nitrogens with one attached hydrogen (secondary N) is 1. The zero-order chi connectivity index (χ0) is 12.7. The molecule has 1 fully saturated rings. The molecular formula is C13H29N3O. The van der Waals surface area contributed by atoms with Crippen LogP contribution in [-0.4, -0.2) is 75.4 Å². The smallest absolute Gasteiger partial charge is 0.0902 e. The average Bonchev–Trinajstić information content (AvgIpc) is 2.24. The lowest BCUT2D eigenvalue weighted by atomic mass is 10.0. The molecule has 1 saturated heterocycles. The van der Waals surface area contributed by atoms with Gasteiger partial charge in [0.2, 0.25) is 0 Å². The molecule has 1 aliphatic heterocycles. The Kier molecular flexibility index (Phi) is 6.41. The first-order chi connectivity index (χ1) is 8.06. The maximum atomic E-state index is 5.91. The molecule has 0 amide bonds. The van der Waals surface area contributed by atoms with Gasteiger partial charge in [-0.15, -0.1) is 0 Å². The first-order valence-electron chi connectivity index (χ1n) is 6.77. The predicted molar refractivity (Wildman–Crippen MR) is 72.5 cm³/mol. The summed E-state index contributed by atoms with van der Waals surface area (Å²) in [4.78, 5) is 4.71. The lowest BCUT2D eigenvalue weighted by molar-refractivity contribution is -0.0719. The van der Waals surface area contributed by atoms with Crippen molar-refractivity contribution in [2.45, 2.75) is 25.9 Å². The second-order valence-electron chi connectivity index (χ2n) is 5.49. The molecule has 1 aliphatic rings. The van der Waals surface area contributed by atoms with Crippen LogP contribution in [0.3, 0.4) is 0 Å². The third-order valence-electron chi connectivity index (χ3n) is 3.38. The van der Waals surface area contributed by atoms with Crippen LogP contribution in [0.25, 0.3) is 0 Å². The highest BCUT2D eigenvalue weighted by atomic mass is 16.5. The van der Waals surface area contributed by atoms with E-state index in [0.29, 0.717) is 0 Å². The summed E-state index contributed by atoms with van der Waals surface area (Å²) in [5.41, 5.74) is 0.100. The second kappa shape index (κ2) is 7.31. The van der Waals surface area contributed by atoms with E-state index < -0.39 is 0 Å². The summed E-state index contributed by atoms with van der Waals surface area (Å²) in [6, 6.07) is 0. The Bertz CT molecular complexity index is 205. The Labute approximate surface area is 106 Å². The van der Waals surface area contributed by atoms with E-state index in [1.165, 1.54) is 19.5 Å². The predicted octanol–water partition coefficient (Wildman–Crippen LogP) is 0.639. The van der Waals surface area contributed by atoms with Gasteiger partial charge in [0.25, 0.3) is 0 Å². The van der Waals surface area contributed by atoms with E-state index in [4.69, 9.17) is 4.74 Å². The molecule has 0 aromatic carbocycles. The molecule has 0 atom stereocenters. The van der Waals surface area contributed by atoms with Crippen molar-refractivity contribution in [3.63, 3.8) is 0 Å². The Balaban J connectivity index is 2.05. The second-order valence-corrected chi connectivity index (χ2v) is 5.49. The summed E-state index contributed by atoms with van der Waals surface area (Å²) in [6.07, 6.45) is 1.24. The lowest BCUT2D eigenvalue weighted by Gasteiger charge is -2.39. The molecule has 0 bridgehead atoms. The number of rotatable bonds is 9. The van der Waals surface area contributed by atoms with Crippen LogP contribution in [0.5, 0.6) is 0 Å². The van der Waals surface area contributed by atoms with Crippen molar-refractivity contribution in [3.05, 3.63) is 0 Å². The first kappa shape index (κ1) is 14.9. The molecule has 0 saturated carbocycles. The molecule has 0 aromatic heterocycles. The molecule has 17 heavy (non-hydrogen) atoms. The molecule has 1 heterocycles. The van der Waals surface area contributed by atoms with E-state index in [-0.39, 0.29) is 5.60 Å². The summed E-state index contributed by atoms with van der Waals surface area (Å²) >= 11 is 0. The number of likely N-dealkylation sites (N-methyl/N-ethyl adjacent to an activating group) is 1. The van der Waals surface area contributed by atoms with Crippen molar-refractivity contribution in [2.75, 3.05) is 60.0 Å². The summed E-state index contributed by atoms with van der Waals surface area (Å²) in [5, 5.41) is 3.26. The third kappa shape index (κ3) is 5.82. The molecule has 0 spiro atoms. The van der Waals surface area contributed by atoms with Crippen molar-refractivity contribution < 1.29 is 4.74 Å². The van der Waals surface area contributed by atoms with Gasteiger partial charge in [0.1, 0.15) is 0 Å². The van der Waals surface area contributed by atoms with Crippen molar-refractivity contribution in [1.82, 2.24) is 15.1 Å². The van der Waals surface area contributed by atoms with Gasteiger partial charge in [0.05, 0.1) is 12.2 Å². The van der Waals surface area contributed by atoms with Crippen LogP contribution in [0.1, 0.15) is 20.3 Å². The topological polar surface area (TPSA) is 27.7 Å². The molecule has 4 heteroatoms. The van der Waals surface area contributed by atoms with Crippen LogP contribution >= 0.6 is 0 Å². The average molecular weight is 243 g/mol. The van der Waals surface area contributed by atoms with E-state index in [1.54, 1.807) is 0 Å². The van der Waals surface area contributed by atoms with Crippen LogP contribution in [0.15, 0.2) is 0 Å². The third-order valence-corrected chi connectivity index (χ3v) is 3.38. The van der Waals surface area contributed by atoms with Crippen molar-refractivity contribution in [3.8, 4) is 0 Å². The van der Waals surface area contributed by atoms with E-state index in [9.17, 15) is 0 Å². The van der Waals surface area contributed by atoms with Gasteiger partial charge in [-0.05, 0) is 47.1 Å². The quantitative estimate of drug-likeness (QED) is 0.643. The van der Waals surface area contributed by atoms with Gasteiger partial charge in [0, 0.05) is 19.6 Å². The highest BCUT2D eigenvalue weighted by molar-refractivity contribution is 4.90. The highest BCUT2D eigenvalue weighted by Gasteiger charge is 2.32. The van der Waals surface area contributed by atoms with Crippen molar-refractivity contribution in [2.24, 2.45) is 0 Å². The number of hydrogen-bond acceptors (Lipinski definition) is 4. The van der Waals surface area contributed by atoms with Crippen molar-refractivity contribution in [1.29, 1.82) is 0 Å². The normalized spacial score (nSPS) is 18.7. The van der Waals surface area contributed by atoms with Gasteiger partial charge in [-0.3, -0.25) is 0 Å². The minimum atomic E-state index is 0.100. The molecular weight excluding hydrogens is 214 g/mol. The molecule has 0 unspecified atom stereocenters. The SMILES string of the molecule is CCN(CCCN(C)C)CCOC1(C)CNC1. The summed E-state index contributed by atoms with van der Waals surface area (Å²) < 4.78 is 5.91. The van der Waals surface area contributed by atoms with E-state index in [1.807, 2.05) is 0 Å². The van der Waals surface area contributed by atoms with E-state index in [2.05, 4.69) is 43.1 Å². The summed E-state index contributed by atoms with van der Waals surface area (Å²) in [6.45, 7) is 11.8. The number of hydrogen-bond donors (Lipinski definition) is 1. The standard InChI is InChI=1S/C13H29N3O/c1-5-16(8-6-7-15(3)4)9-10-17-13(2)11-14-12-13/h14H,5-12H2,1-4H3. The largest absolute Gasteiger partial charge is 0.371 e. The van der Waals surface area contributed by atoms with Gasteiger partial charge < -0.3 is 19.9 Å².